The van der Waals surface area contributed by atoms with Crippen LogP contribution in [0.2, 0.25) is 0 Å². The van der Waals surface area contributed by atoms with Crippen molar-refractivity contribution in [3.63, 3.8) is 0 Å². The van der Waals surface area contributed by atoms with Gasteiger partial charge in [0.15, 0.2) is 0 Å². The van der Waals surface area contributed by atoms with Gasteiger partial charge in [0, 0.05) is 17.5 Å². The molecule has 1 aliphatic heterocycles. The van der Waals surface area contributed by atoms with Gasteiger partial charge >= 0.3 is 12.1 Å². The Balaban J connectivity index is 2.12. The number of carboxylic acids is 1. The quantitative estimate of drug-likeness (QED) is 0.624. The molecule has 26 heavy (non-hydrogen) atoms. The normalized spacial score (nSPS) is 17.5. The van der Waals surface area contributed by atoms with Crippen LogP contribution in [-0.2, 0) is 14.4 Å². The van der Waals surface area contributed by atoms with Crippen molar-refractivity contribution in [2.45, 2.75) is 45.3 Å². The summed E-state index contributed by atoms with van der Waals surface area (Å²) in [6.45, 7) is 5.06. The lowest BCUT2D eigenvalue weighted by Gasteiger charge is -2.17. The second-order valence-electron chi connectivity index (χ2n) is 6.74. The number of benzene rings is 1. The van der Waals surface area contributed by atoms with Gasteiger partial charge in [-0.25, -0.2) is 9.18 Å². The molecule has 0 fully saturated rings. The van der Waals surface area contributed by atoms with E-state index in [4.69, 9.17) is 20.4 Å². The van der Waals surface area contributed by atoms with E-state index in [9.17, 15) is 14.0 Å². The number of halogens is 1. The topological polar surface area (TPSA) is 124 Å². The standard InChI is InChI=1S/C17H20FN3O5/c1-17(2,3)25-16(24)20-15(19)9-4-5-11(12(18)6-9)13-7-10(26-21-13)8-14(22)23/h4-6,10H,7-8H2,1-3H3,(H,22,23)(H2,19,20,24). The second kappa shape index (κ2) is 7.51. The zero-order chi connectivity index (χ0) is 19.5. The zero-order valence-corrected chi connectivity index (χ0v) is 14.7. The highest BCUT2D eigenvalue weighted by Gasteiger charge is 2.26. The molecule has 1 aromatic rings. The van der Waals surface area contributed by atoms with Crippen molar-refractivity contribution in [3.05, 3.63) is 35.1 Å². The van der Waals surface area contributed by atoms with Crippen molar-refractivity contribution in [1.82, 2.24) is 0 Å². The lowest BCUT2D eigenvalue weighted by molar-refractivity contribution is -0.139. The third-order valence-corrected chi connectivity index (χ3v) is 3.32. The highest BCUT2D eigenvalue weighted by Crippen LogP contribution is 2.21. The monoisotopic (exact) mass is 365 g/mol. The number of rotatable bonds is 4. The van der Waals surface area contributed by atoms with Crippen LogP contribution in [0.3, 0.4) is 0 Å². The van der Waals surface area contributed by atoms with Crippen molar-refractivity contribution >= 4 is 23.6 Å². The molecule has 2 rings (SSSR count). The van der Waals surface area contributed by atoms with Crippen LogP contribution in [0.4, 0.5) is 9.18 Å². The Hall–Kier alpha value is -2.97. The molecule has 0 aromatic heterocycles. The molecule has 9 heteroatoms. The number of amidine groups is 1. The number of carbonyl (C=O) groups excluding carboxylic acids is 1. The maximum Gasteiger partial charge on any atom is 0.436 e. The van der Waals surface area contributed by atoms with E-state index in [0.717, 1.165) is 6.07 Å². The molecule has 140 valence electrons. The summed E-state index contributed by atoms with van der Waals surface area (Å²) in [6, 6.07) is 4.02. The molecule has 0 bridgehead atoms. The van der Waals surface area contributed by atoms with Crippen molar-refractivity contribution in [2.75, 3.05) is 0 Å². The molecule has 1 aromatic carbocycles. The third kappa shape index (κ3) is 5.27. The number of ether oxygens (including phenoxy) is 1. The van der Waals surface area contributed by atoms with Gasteiger partial charge in [-0.15, -0.1) is 0 Å². The van der Waals surface area contributed by atoms with Crippen LogP contribution in [0.25, 0.3) is 0 Å². The van der Waals surface area contributed by atoms with E-state index in [1.165, 1.54) is 12.1 Å². The molecule has 1 unspecified atom stereocenters. The van der Waals surface area contributed by atoms with Crippen LogP contribution < -0.4 is 5.73 Å². The molecule has 0 aliphatic carbocycles. The molecule has 0 radical (unpaired) electrons. The summed E-state index contributed by atoms with van der Waals surface area (Å²) < 4.78 is 19.4. The summed E-state index contributed by atoms with van der Waals surface area (Å²) >= 11 is 0. The van der Waals surface area contributed by atoms with E-state index in [1.807, 2.05) is 0 Å². The lowest BCUT2D eigenvalue weighted by Crippen LogP contribution is -2.24. The molecule has 0 saturated carbocycles. The predicted octanol–water partition coefficient (Wildman–Crippen LogP) is 2.43. The Bertz CT molecular complexity index is 783. The number of aliphatic carboxylic acids is 1. The molecule has 0 saturated heterocycles. The number of carbonyl (C=O) groups is 2. The van der Waals surface area contributed by atoms with Gasteiger partial charge < -0.3 is 20.4 Å². The Morgan fingerprint density at radius 3 is 2.73 bits per heavy atom. The van der Waals surface area contributed by atoms with Gasteiger partial charge in [-0.05, 0) is 32.9 Å². The minimum atomic E-state index is -1.02. The van der Waals surface area contributed by atoms with Crippen molar-refractivity contribution in [1.29, 1.82) is 0 Å². The first-order chi connectivity index (χ1) is 12.0. The van der Waals surface area contributed by atoms with Gasteiger partial charge in [0.2, 0.25) is 0 Å². The Morgan fingerprint density at radius 1 is 1.46 bits per heavy atom. The molecule has 8 nitrogen and oxygen atoms in total. The van der Waals surface area contributed by atoms with Crippen LogP contribution in [-0.4, -0.2) is 40.4 Å². The Labute approximate surface area is 149 Å². The summed E-state index contributed by atoms with van der Waals surface area (Å²) in [5.74, 6) is -1.84. The zero-order valence-electron chi connectivity index (χ0n) is 14.7. The molecule has 0 spiro atoms. The number of amides is 1. The average molecular weight is 365 g/mol. The highest BCUT2D eigenvalue weighted by molar-refractivity contribution is 6.05. The smallest absolute Gasteiger partial charge is 0.436 e. The molecule has 1 amide bonds. The van der Waals surface area contributed by atoms with E-state index in [0.29, 0.717) is 5.71 Å². The van der Waals surface area contributed by atoms with Crippen LogP contribution in [0.15, 0.2) is 28.3 Å². The summed E-state index contributed by atoms with van der Waals surface area (Å²) in [6.07, 6.45) is -1.53. The van der Waals surface area contributed by atoms with Crippen molar-refractivity contribution < 1.29 is 28.7 Å². The van der Waals surface area contributed by atoms with E-state index in [-0.39, 0.29) is 29.8 Å². The van der Waals surface area contributed by atoms with Crippen LogP contribution in [0.5, 0.6) is 0 Å². The van der Waals surface area contributed by atoms with E-state index >= 15 is 0 Å². The van der Waals surface area contributed by atoms with Crippen LogP contribution in [0.1, 0.15) is 44.7 Å². The first-order valence-electron chi connectivity index (χ1n) is 7.87. The maximum atomic E-state index is 14.4. The molecular weight excluding hydrogens is 345 g/mol. The number of nitrogens with two attached hydrogens (primary N) is 1. The summed E-state index contributed by atoms with van der Waals surface area (Å²) in [7, 11) is 0. The third-order valence-electron chi connectivity index (χ3n) is 3.32. The fourth-order valence-electron chi connectivity index (χ4n) is 2.25. The van der Waals surface area contributed by atoms with E-state index in [2.05, 4.69) is 10.1 Å². The average Bonchev–Trinajstić information content (AvgIpc) is 2.92. The number of hydrogen-bond donors (Lipinski definition) is 2. The molecule has 1 heterocycles. The highest BCUT2D eigenvalue weighted by atomic mass is 19.1. The largest absolute Gasteiger partial charge is 0.481 e. The first kappa shape index (κ1) is 19.4. The fourth-order valence-corrected chi connectivity index (χ4v) is 2.25. The summed E-state index contributed by atoms with van der Waals surface area (Å²) in [5.41, 5.74) is 5.70. The maximum absolute atomic E-state index is 14.4. The van der Waals surface area contributed by atoms with Crippen LogP contribution in [0, 0.1) is 5.82 Å². The number of carboxylic acid groups (broad SMARTS) is 1. The number of oxime groups is 1. The minimum Gasteiger partial charge on any atom is -0.481 e. The van der Waals surface area contributed by atoms with E-state index < -0.39 is 29.6 Å². The minimum absolute atomic E-state index is 0.173. The van der Waals surface area contributed by atoms with Crippen molar-refractivity contribution in [3.8, 4) is 0 Å². The van der Waals surface area contributed by atoms with Gasteiger partial charge in [0.1, 0.15) is 23.4 Å². The Kier molecular flexibility index (Phi) is 5.59. The second-order valence-corrected chi connectivity index (χ2v) is 6.74. The lowest BCUT2D eigenvalue weighted by atomic mass is 10.0. The summed E-state index contributed by atoms with van der Waals surface area (Å²) in [5, 5.41) is 12.5. The number of aliphatic imine (C=N–C) groups is 1. The van der Waals surface area contributed by atoms with Crippen LogP contribution >= 0.6 is 0 Å². The van der Waals surface area contributed by atoms with E-state index in [1.54, 1.807) is 20.8 Å². The molecule has 1 aliphatic rings. The number of hydrogen-bond acceptors (Lipinski definition) is 5. The van der Waals surface area contributed by atoms with Gasteiger partial charge in [0.05, 0.1) is 12.1 Å². The SMILES string of the molecule is CC(C)(C)OC(=O)/N=C(\N)c1ccc(C2=NOC(CC(=O)O)C2)c(F)c1. The molecular formula is C17H20FN3O5. The van der Waals surface area contributed by atoms with Gasteiger partial charge in [-0.1, -0.05) is 11.2 Å². The predicted molar refractivity (Wildman–Crippen MR) is 91.6 cm³/mol. The molecule has 1 atom stereocenters. The van der Waals surface area contributed by atoms with Gasteiger partial charge in [-0.2, -0.15) is 4.99 Å². The molecule has 3 N–H and O–H groups in total. The van der Waals surface area contributed by atoms with Gasteiger partial charge in [-0.3, -0.25) is 4.79 Å². The van der Waals surface area contributed by atoms with Gasteiger partial charge in [0.25, 0.3) is 0 Å². The number of nitrogens with zero attached hydrogens (tertiary/aromatic N) is 2. The Morgan fingerprint density at radius 2 is 2.15 bits per heavy atom. The van der Waals surface area contributed by atoms with Crippen molar-refractivity contribution in [2.24, 2.45) is 15.9 Å². The summed E-state index contributed by atoms with van der Waals surface area (Å²) in [4.78, 5) is 30.9. The first-order valence-corrected chi connectivity index (χ1v) is 7.87. The fraction of sp³-hybridized carbons (Fsp3) is 0.412.